The van der Waals surface area contributed by atoms with Crippen molar-refractivity contribution in [2.75, 3.05) is 27.2 Å². The third-order valence-corrected chi connectivity index (χ3v) is 3.61. The molecule has 0 bridgehead atoms. The molecule has 0 saturated heterocycles. The lowest BCUT2D eigenvalue weighted by Crippen LogP contribution is -2.45. The molecule has 104 valence electrons. The van der Waals surface area contributed by atoms with Gasteiger partial charge in [-0.1, -0.05) is 32.6 Å². The highest BCUT2D eigenvalue weighted by Gasteiger charge is 2.19. The number of hydrogen-bond acceptors (Lipinski definition) is 1. The van der Waals surface area contributed by atoms with Gasteiger partial charge >= 0.3 is 0 Å². The SMILES string of the molecule is CCCCCCC(Cl)CC[N+](C)(C)CC(C)O. The Hall–Kier alpha value is 0.210. The molecule has 0 saturated carbocycles. The van der Waals surface area contributed by atoms with Crippen LogP contribution < -0.4 is 0 Å². The monoisotopic (exact) mass is 264 g/mol. The van der Waals surface area contributed by atoms with E-state index in [1.165, 1.54) is 25.7 Å². The van der Waals surface area contributed by atoms with Crippen molar-refractivity contribution in [2.45, 2.75) is 63.9 Å². The first-order chi connectivity index (χ1) is 7.87. The third-order valence-electron chi connectivity index (χ3n) is 3.18. The van der Waals surface area contributed by atoms with Gasteiger partial charge in [-0.25, -0.2) is 0 Å². The standard InChI is InChI=1S/C14H31ClNO/c1-5-6-7-8-9-14(15)10-11-16(3,4)12-13(2)17/h13-14,17H,5-12H2,1-4H3/q+1. The summed E-state index contributed by atoms with van der Waals surface area (Å²) >= 11 is 6.33. The largest absolute Gasteiger partial charge is 0.388 e. The zero-order valence-electron chi connectivity index (χ0n) is 12.1. The number of halogens is 1. The van der Waals surface area contributed by atoms with Crippen molar-refractivity contribution in [2.24, 2.45) is 0 Å². The average Bonchev–Trinajstić information content (AvgIpc) is 2.20. The molecule has 0 aromatic heterocycles. The van der Waals surface area contributed by atoms with Gasteiger partial charge in [0, 0.05) is 11.8 Å². The molecule has 0 aromatic rings. The van der Waals surface area contributed by atoms with Crippen LogP contribution in [0.25, 0.3) is 0 Å². The van der Waals surface area contributed by atoms with Crippen LogP contribution in [0.1, 0.15) is 52.4 Å². The Balaban J connectivity index is 3.64. The lowest BCUT2D eigenvalue weighted by Gasteiger charge is -2.31. The van der Waals surface area contributed by atoms with Gasteiger partial charge in [0.1, 0.15) is 12.6 Å². The fourth-order valence-electron chi connectivity index (χ4n) is 2.23. The lowest BCUT2D eigenvalue weighted by molar-refractivity contribution is -0.893. The van der Waals surface area contributed by atoms with Gasteiger partial charge in [0.25, 0.3) is 0 Å². The molecule has 0 spiro atoms. The molecule has 17 heavy (non-hydrogen) atoms. The van der Waals surface area contributed by atoms with E-state index in [4.69, 9.17) is 11.6 Å². The summed E-state index contributed by atoms with van der Waals surface area (Å²) in [6, 6.07) is 0. The third kappa shape index (κ3) is 11.1. The molecule has 0 heterocycles. The van der Waals surface area contributed by atoms with Crippen molar-refractivity contribution < 1.29 is 9.59 Å². The minimum atomic E-state index is -0.233. The van der Waals surface area contributed by atoms with Gasteiger partial charge < -0.3 is 9.59 Å². The summed E-state index contributed by atoms with van der Waals surface area (Å²) in [6.07, 6.45) is 7.13. The molecule has 2 unspecified atom stereocenters. The summed E-state index contributed by atoms with van der Waals surface area (Å²) in [6.45, 7) is 5.93. The second-order valence-electron chi connectivity index (χ2n) is 5.93. The first-order valence-corrected chi connectivity index (χ1v) is 7.45. The number of likely N-dealkylation sites (N-methyl/N-ethyl adjacent to an activating group) is 1. The van der Waals surface area contributed by atoms with Gasteiger partial charge in [0.15, 0.2) is 0 Å². The zero-order chi connectivity index (χ0) is 13.3. The molecule has 0 aliphatic carbocycles. The summed E-state index contributed by atoms with van der Waals surface area (Å²) in [7, 11) is 4.32. The van der Waals surface area contributed by atoms with Gasteiger partial charge in [-0.15, -0.1) is 11.6 Å². The van der Waals surface area contributed by atoms with Gasteiger partial charge in [-0.05, 0) is 13.3 Å². The number of aliphatic hydroxyl groups is 1. The zero-order valence-corrected chi connectivity index (χ0v) is 12.8. The maximum Gasteiger partial charge on any atom is 0.104 e. The number of alkyl halides is 1. The summed E-state index contributed by atoms with van der Waals surface area (Å²) in [4.78, 5) is 0. The van der Waals surface area contributed by atoms with Crippen LogP contribution in [0.4, 0.5) is 0 Å². The van der Waals surface area contributed by atoms with E-state index in [0.29, 0.717) is 5.38 Å². The van der Waals surface area contributed by atoms with Crippen LogP contribution in [0.15, 0.2) is 0 Å². The summed E-state index contributed by atoms with van der Waals surface area (Å²) in [5, 5.41) is 9.71. The number of quaternary nitrogens is 1. The van der Waals surface area contributed by atoms with Gasteiger partial charge in [-0.3, -0.25) is 0 Å². The van der Waals surface area contributed by atoms with Crippen molar-refractivity contribution in [3.8, 4) is 0 Å². The summed E-state index contributed by atoms with van der Waals surface area (Å²) < 4.78 is 0.857. The normalized spacial score (nSPS) is 15.9. The second-order valence-corrected chi connectivity index (χ2v) is 6.54. The van der Waals surface area contributed by atoms with E-state index in [0.717, 1.165) is 30.4 Å². The van der Waals surface area contributed by atoms with Crippen molar-refractivity contribution >= 4 is 11.6 Å². The van der Waals surface area contributed by atoms with Crippen LogP contribution in [-0.2, 0) is 0 Å². The smallest absolute Gasteiger partial charge is 0.104 e. The molecule has 0 aliphatic heterocycles. The van der Waals surface area contributed by atoms with Gasteiger partial charge in [-0.2, -0.15) is 0 Å². The molecule has 1 N–H and O–H groups in total. The minimum Gasteiger partial charge on any atom is -0.388 e. The van der Waals surface area contributed by atoms with E-state index in [-0.39, 0.29) is 6.10 Å². The Kier molecular flexibility index (Phi) is 9.29. The van der Waals surface area contributed by atoms with E-state index in [1.807, 2.05) is 6.92 Å². The molecule has 0 radical (unpaired) electrons. The van der Waals surface area contributed by atoms with Crippen LogP contribution in [-0.4, -0.2) is 48.3 Å². The predicted octanol–water partition coefficient (Wildman–Crippen LogP) is 3.41. The summed E-state index contributed by atoms with van der Waals surface area (Å²) in [5.41, 5.74) is 0. The highest BCUT2D eigenvalue weighted by molar-refractivity contribution is 6.20. The lowest BCUT2D eigenvalue weighted by atomic mass is 10.1. The number of aliphatic hydroxyl groups excluding tert-OH is 1. The van der Waals surface area contributed by atoms with Crippen molar-refractivity contribution in [1.82, 2.24) is 0 Å². The first-order valence-electron chi connectivity index (χ1n) is 7.01. The van der Waals surface area contributed by atoms with E-state index < -0.39 is 0 Å². The van der Waals surface area contributed by atoms with Gasteiger partial charge in [0.05, 0.1) is 20.6 Å². The Bertz CT molecular complexity index is 183. The molecule has 0 aliphatic rings. The highest BCUT2D eigenvalue weighted by atomic mass is 35.5. The molecule has 0 amide bonds. The molecule has 2 atom stereocenters. The minimum absolute atomic E-state index is 0.233. The fourth-order valence-corrected chi connectivity index (χ4v) is 2.48. The maximum absolute atomic E-state index is 9.41. The van der Waals surface area contributed by atoms with Crippen LogP contribution >= 0.6 is 11.6 Å². The second kappa shape index (κ2) is 9.18. The van der Waals surface area contributed by atoms with Crippen molar-refractivity contribution in [3.05, 3.63) is 0 Å². The average molecular weight is 265 g/mol. The first kappa shape index (κ1) is 17.2. The number of hydrogen-bond donors (Lipinski definition) is 1. The fraction of sp³-hybridized carbons (Fsp3) is 1.00. The summed E-state index contributed by atoms with van der Waals surface area (Å²) in [5.74, 6) is 0. The maximum atomic E-state index is 9.41. The van der Waals surface area contributed by atoms with Crippen molar-refractivity contribution in [1.29, 1.82) is 0 Å². The van der Waals surface area contributed by atoms with Crippen LogP contribution in [0.2, 0.25) is 0 Å². The van der Waals surface area contributed by atoms with Crippen LogP contribution in [0.3, 0.4) is 0 Å². The van der Waals surface area contributed by atoms with Crippen LogP contribution in [0.5, 0.6) is 0 Å². The Morgan fingerprint density at radius 1 is 1.12 bits per heavy atom. The predicted molar refractivity (Wildman–Crippen MR) is 76.5 cm³/mol. The Morgan fingerprint density at radius 2 is 1.76 bits per heavy atom. The molecule has 0 fully saturated rings. The van der Waals surface area contributed by atoms with Crippen LogP contribution in [0, 0.1) is 0 Å². The Labute approximate surface area is 113 Å². The van der Waals surface area contributed by atoms with E-state index in [1.54, 1.807) is 0 Å². The quantitative estimate of drug-likeness (QED) is 0.364. The topological polar surface area (TPSA) is 20.2 Å². The number of rotatable bonds is 10. The molecular formula is C14H31ClNO+. The number of nitrogens with zero attached hydrogens (tertiary/aromatic N) is 1. The number of unbranched alkanes of at least 4 members (excludes halogenated alkanes) is 3. The van der Waals surface area contributed by atoms with Crippen molar-refractivity contribution in [3.63, 3.8) is 0 Å². The van der Waals surface area contributed by atoms with E-state index in [9.17, 15) is 5.11 Å². The molecular weight excluding hydrogens is 234 g/mol. The molecule has 3 heteroatoms. The van der Waals surface area contributed by atoms with E-state index in [2.05, 4.69) is 21.0 Å². The molecule has 0 aromatic carbocycles. The molecule has 0 rings (SSSR count). The van der Waals surface area contributed by atoms with E-state index >= 15 is 0 Å². The Morgan fingerprint density at radius 3 is 2.29 bits per heavy atom. The molecule has 2 nitrogen and oxygen atoms in total. The highest BCUT2D eigenvalue weighted by Crippen LogP contribution is 2.15. The van der Waals surface area contributed by atoms with Gasteiger partial charge in [0.2, 0.25) is 0 Å².